The first kappa shape index (κ1) is 15.0. The zero-order chi connectivity index (χ0) is 14.6. The van der Waals surface area contributed by atoms with E-state index in [0.717, 1.165) is 37.4 Å². The van der Waals surface area contributed by atoms with E-state index < -0.39 is 5.60 Å². The molecule has 2 rings (SSSR count). The Morgan fingerprint density at radius 3 is 2.70 bits per heavy atom. The second-order valence-corrected chi connectivity index (χ2v) is 6.07. The molecule has 2 N–H and O–H groups in total. The van der Waals surface area contributed by atoms with Gasteiger partial charge in [0.25, 0.3) is 0 Å². The van der Waals surface area contributed by atoms with Crippen molar-refractivity contribution in [3.05, 3.63) is 12.3 Å². The fraction of sp³-hybridized carbons (Fsp3) is 0.733. The molecule has 5 nitrogen and oxygen atoms in total. The lowest BCUT2D eigenvalue weighted by Gasteiger charge is -2.36. The van der Waals surface area contributed by atoms with Gasteiger partial charge in [-0.05, 0) is 37.7 Å². The highest BCUT2D eigenvalue weighted by Gasteiger charge is 2.32. The smallest absolute Gasteiger partial charge is 0.226 e. The third kappa shape index (κ3) is 3.82. The lowest BCUT2D eigenvalue weighted by molar-refractivity contribution is 0.00223. The Morgan fingerprint density at radius 2 is 2.10 bits per heavy atom. The van der Waals surface area contributed by atoms with Gasteiger partial charge in [-0.3, -0.25) is 0 Å². The van der Waals surface area contributed by atoms with Crippen LogP contribution in [0.1, 0.15) is 39.0 Å². The van der Waals surface area contributed by atoms with Crippen molar-refractivity contribution >= 4 is 11.8 Å². The van der Waals surface area contributed by atoms with Crippen LogP contribution in [-0.4, -0.2) is 41.3 Å². The maximum absolute atomic E-state index is 10.6. The molecule has 0 amide bonds. The van der Waals surface area contributed by atoms with Crippen molar-refractivity contribution in [2.75, 3.05) is 30.9 Å². The maximum Gasteiger partial charge on any atom is 0.226 e. The normalized spacial score (nSPS) is 26.3. The Hall–Kier alpha value is -1.36. The summed E-state index contributed by atoms with van der Waals surface area (Å²) < 4.78 is 0. The van der Waals surface area contributed by atoms with Crippen molar-refractivity contribution in [3.8, 4) is 0 Å². The summed E-state index contributed by atoms with van der Waals surface area (Å²) in [5.41, 5.74) is -0.588. The number of aliphatic hydroxyl groups is 1. The predicted octanol–water partition coefficient (Wildman–Crippen LogP) is 2.29. The molecule has 1 heterocycles. The first-order valence-electron chi connectivity index (χ1n) is 7.49. The maximum atomic E-state index is 10.6. The van der Waals surface area contributed by atoms with E-state index in [1.807, 2.05) is 25.1 Å². The van der Waals surface area contributed by atoms with Gasteiger partial charge in [0.2, 0.25) is 5.95 Å². The number of hydrogen-bond donors (Lipinski definition) is 2. The highest BCUT2D eigenvalue weighted by Crippen LogP contribution is 2.33. The van der Waals surface area contributed by atoms with Crippen molar-refractivity contribution < 1.29 is 5.11 Å². The summed E-state index contributed by atoms with van der Waals surface area (Å²) in [6.45, 7) is 2.80. The zero-order valence-corrected chi connectivity index (χ0v) is 12.8. The second kappa shape index (κ2) is 6.39. The van der Waals surface area contributed by atoms with Gasteiger partial charge in [-0.1, -0.05) is 13.3 Å². The quantitative estimate of drug-likeness (QED) is 0.865. The summed E-state index contributed by atoms with van der Waals surface area (Å²) in [5.74, 6) is 2.24. The van der Waals surface area contributed by atoms with Crippen molar-refractivity contribution in [1.29, 1.82) is 0 Å². The summed E-state index contributed by atoms with van der Waals surface area (Å²) in [4.78, 5) is 10.5. The number of hydrogen-bond acceptors (Lipinski definition) is 5. The van der Waals surface area contributed by atoms with E-state index in [9.17, 15) is 5.11 Å². The molecule has 0 atom stereocenters. The third-order valence-corrected chi connectivity index (χ3v) is 4.25. The Labute approximate surface area is 121 Å². The summed E-state index contributed by atoms with van der Waals surface area (Å²) in [6, 6.07) is 1.84. The number of rotatable bonds is 5. The number of nitrogens with one attached hydrogen (secondary N) is 1. The fourth-order valence-corrected chi connectivity index (χ4v) is 2.72. The van der Waals surface area contributed by atoms with E-state index in [-0.39, 0.29) is 0 Å². The molecular weight excluding hydrogens is 252 g/mol. The molecule has 1 aliphatic carbocycles. The van der Waals surface area contributed by atoms with Gasteiger partial charge < -0.3 is 15.3 Å². The molecule has 0 spiro atoms. The van der Waals surface area contributed by atoms with Crippen molar-refractivity contribution in [2.24, 2.45) is 5.92 Å². The molecule has 0 radical (unpaired) electrons. The summed E-state index contributed by atoms with van der Waals surface area (Å²) >= 11 is 0. The van der Waals surface area contributed by atoms with E-state index >= 15 is 0 Å². The average Bonchev–Trinajstić information content (AvgIpc) is 2.46. The lowest BCUT2D eigenvalue weighted by Crippen LogP contribution is -2.40. The highest BCUT2D eigenvalue weighted by atomic mass is 16.3. The van der Waals surface area contributed by atoms with Crippen LogP contribution in [0.25, 0.3) is 0 Å². The molecular formula is C15H26N4O. The number of anilines is 2. The van der Waals surface area contributed by atoms with Crippen LogP contribution < -0.4 is 10.2 Å². The summed E-state index contributed by atoms with van der Waals surface area (Å²) in [5, 5.41) is 13.9. The van der Waals surface area contributed by atoms with Crippen molar-refractivity contribution in [1.82, 2.24) is 9.97 Å². The molecule has 1 aliphatic rings. The molecule has 0 aliphatic heterocycles. The molecule has 0 bridgehead atoms. The van der Waals surface area contributed by atoms with E-state index in [1.54, 1.807) is 6.20 Å². The average molecular weight is 278 g/mol. The van der Waals surface area contributed by atoms with Crippen LogP contribution >= 0.6 is 0 Å². The Kier molecular flexibility index (Phi) is 4.81. The molecule has 0 unspecified atom stereocenters. The highest BCUT2D eigenvalue weighted by molar-refractivity contribution is 5.40. The molecule has 112 valence electrons. The minimum atomic E-state index is -0.588. The monoisotopic (exact) mass is 278 g/mol. The minimum absolute atomic E-state index is 0.563. The van der Waals surface area contributed by atoms with Crippen LogP contribution in [0.2, 0.25) is 0 Å². The van der Waals surface area contributed by atoms with E-state index in [0.29, 0.717) is 12.5 Å². The SMILES string of the molecule is CCC1CCC(O)(CNc2ccnc(N(C)C)n2)CC1. The standard InChI is InChI=1S/C15H26N4O/c1-4-12-5-8-15(20,9-6-12)11-17-13-7-10-16-14(18-13)19(2)3/h7,10,12,20H,4-6,8-9,11H2,1-3H3,(H,16,17,18). The van der Waals surface area contributed by atoms with Gasteiger partial charge >= 0.3 is 0 Å². The van der Waals surface area contributed by atoms with Gasteiger partial charge in [0.05, 0.1) is 5.60 Å². The van der Waals surface area contributed by atoms with Crippen LogP contribution in [0.5, 0.6) is 0 Å². The Morgan fingerprint density at radius 1 is 1.40 bits per heavy atom. The van der Waals surface area contributed by atoms with Crippen LogP contribution in [0.15, 0.2) is 12.3 Å². The fourth-order valence-electron chi connectivity index (χ4n) is 2.72. The predicted molar refractivity (Wildman–Crippen MR) is 82.0 cm³/mol. The van der Waals surface area contributed by atoms with Gasteiger partial charge in [0.1, 0.15) is 5.82 Å². The van der Waals surface area contributed by atoms with Gasteiger partial charge in [0, 0.05) is 26.8 Å². The van der Waals surface area contributed by atoms with Gasteiger partial charge in [-0.2, -0.15) is 4.98 Å². The summed E-state index contributed by atoms with van der Waals surface area (Å²) in [7, 11) is 3.83. The van der Waals surface area contributed by atoms with Gasteiger partial charge in [0.15, 0.2) is 0 Å². The van der Waals surface area contributed by atoms with Crippen molar-refractivity contribution in [3.63, 3.8) is 0 Å². The molecule has 1 aromatic heterocycles. The molecule has 1 saturated carbocycles. The van der Waals surface area contributed by atoms with Crippen LogP contribution in [0.4, 0.5) is 11.8 Å². The van der Waals surface area contributed by atoms with Gasteiger partial charge in [-0.25, -0.2) is 4.98 Å². The van der Waals surface area contributed by atoms with Crippen molar-refractivity contribution in [2.45, 2.75) is 44.6 Å². The molecule has 0 saturated heterocycles. The lowest BCUT2D eigenvalue weighted by atomic mass is 9.78. The topological polar surface area (TPSA) is 61.3 Å². The van der Waals surface area contributed by atoms with E-state index in [1.165, 1.54) is 6.42 Å². The van der Waals surface area contributed by atoms with E-state index in [4.69, 9.17) is 0 Å². The van der Waals surface area contributed by atoms with Crippen LogP contribution in [0.3, 0.4) is 0 Å². The molecule has 0 aromatic carbocycles. The second-order valence-electron chi connectivity index (χ2n) is 6.07. The first-order valence-corrected chi connectivity index (χ1v) is 7.49. The number of aromatic nitrogens is 2. The molecule has 1 aromatic rings. The Bertz CT molecular complexity index is 428. The first-order chi connectivity index (χ1) is 9.52. The largest absolute Gasteiger partial charge is 0.388 e. The summed E-state index contributed by atoms with van der Waals surface area (Å²) in [6.07, 6.45) is 6.97. The van der Waals surface area contributed by atoms with Crippen LogP contribution in [-0.2, 0) is 0 Å². The van der Waals surface area contributed by atoms with Gasteiger partial charge in [-0.15, -0.1) is 0 Å². The number of nitrogens with zero attached hydrogens (tertiary/aromatic N) is 3. The molecule has 5 heteroatoms. The van der Waals surface area contributed by atoms with Crippen LogP contribution in [0, 0.1) is 5.92 Å². The minimum Gasteiger partial charge on any atom is -0.388 e. The van der Waals surface area contributed by atoms with E-state index in [2.05, 4.69) is 22.2 Å². The molecule has 20 heavy (non-hydrogen) atoms. The third-order valence-electron chi connectivity index (χ3n) is 4.25. The zero-order valence-electron chi connectivity index (χ0n) is 12.8. The Balaban J connectivity index is 1.90. The molecule has 1 fully saturated rings.